The van der Waals surface area contributed by atoms with Crippen LogP contribution in [-0.4, -0.2) is 22.2 Å². The molecule has 0 saturated heterocycles. The van der Waals surface area contributed by atoms with Gasteiger partial charge in [0.1, 0.15) is 11.6 Å². The van der Waals surface area contributed by atoms with Crippen molar-refractivity contribution in [3.8, 4) is 5.75 Å². The second-order valence-electron chi connectivity index (χ2n) is 5.07. The van der Waals surface area contributed by atoms with Crippen molar-refractivity contribution in [2.75, 3.05) is 6.61 Å². The Morgan fingerprint density at radius 1 is 1.30 bits per heavy atom. The third-order valence-electron chi connectivity index (χ3n) is 3.46. The highest BCUT2D eigenvalue weighted by atomic mass is 16.5. The van der Waals surface area contributed by atoms with Gasteiger partial charge in [0.05, 0.1) is 6.61 Å². The molecule has 1 heterocycles. The van der Waals surface area contributed by atoms with Gasteiger partial charge in [-0.15, -0.1) is 0 Å². The first kappa shape index (κ1) is 14.6. The maximum atomic E-state index is 5.95. The number of aryl methyl sites for hydroxylation is 1. The lowest BCUT2D eigenvalue weighted by Gasteiger charge is -2.10. The Balaban J connectivity index is 1.80. The molecule has 0 aliphatic carbocycles. The van der Waals surface area contributed by atoms with Gasteiger partial charge in [-0.25, -0.2) is 4.98 Å². The van der Waals surface area contributed by atoms with Crippen molar-refractivity contribution in [2.24, 2.45) is 12.8 Å². The summed E-state index contributed by atoms with van der Waals surface area (Å²) in [4.78, 5) is 4.27. The Hall–Kier alpha value is -1.81. The largest absolute Gasteiger partial charge is 0.493 e. The Morgan fingerprint density at radius 2 is 2.05 bits per heavy atom. The monoisotopic (exact) mass is 273 g/mol. The van der Waals surface area contributed by atoms with E-state index in [4.69, 9.17) is 10.5 Å². The molecule has 1 aromatic heterocycles. The fourth-order valence-corrected chi connectivity index (χ4v) is 2.07. The van der Waals surface area contributed by atoms with E-state index in [1.165, 1.54) is 5.56 Å². The lowest BCUT2D eigenvalue weighted by molar-refractivity contribution is 0.317. The molecular formula is C16H23N3O. The number of ether oxygens (including phenoxy) is 1. The maximum absolute atomic E-state index is 5.95. The van der Waals surface area contributed by atoms with Gasteiger partial charge in [-0.2, -0.15) is 0 Å². The first-order valence-corrected chi connectivity index (χ1v) is 7.12. The first-order valence-electron chi connectivity index (χ1n) is 7.12. The third kappa shape index (κ3) is 4.10. The van der Waals surface area contributed by atoms with Crippen molar-refractivity contribution < 1.29 is 4.74 Å². The number of imidazole rings is 1. The first-order chi connectivity index (χ1) is 9.69. The van der Waals surface area contributed by atoms with Crippen molar-refractivity contribution >= 4 is 0 Å². The molecule has 108 valence electrons. The van der Waals surface area contributed by atoms with E-state index >= 15 is 0 Å². The number of hydrogen-bond donors (Lipinski definition) is 1. The van der Waals surface area contributed by atoms with E-state index in [0.717, 1.165) is 30.8 Å². The molecule has 1 unspecified atom stereocenters. The SMILES string of the molecule is CCC(N)Cc1ccc(OCCc2nccn2C)cc1. The van der Waals surface area contributed by atoms with Gasteiger partial charge in [0.15, 0.2) is 0 Å². The molecule has 0 saturated carbocycles. The topological polar surface area (TPSA) is 53.1 Å². The second kappa shape index (κ2) is 7.10. The van der Waals surface area contributed by atoms with Crippen molar-refractivity contribution in [1.82, 2.24) is 9.55 Å². The fraction of sp³-hybridized carbons (Fsp3) is 0.438. The molecule has 0 fully saturated rings. The Bertz CT molecular complexity index is 519. The van der Waals surface area contributed by atoms with Gasteiger partial charge in [-0.05, 0) is 30.5 Å². The summed E-state index contributed by atoms with van der Waals surface area (Å²) in [5.41, 5.74) is 7.21. The van der Waals surface area contributed by atoms with E-state index in [9.17, 15) is 0 Å². The van der Waals surface area contributed by atoms with E-state index in [2.05, 4.69) is 24.0 Å². The molecular weight excluding hydrogens is 250 g/mol. The van der Waals surface area contributed by atoms with Crippen LogP contribution in [0.1, 0.15) is 24.7 Å². The minimum Gasteiger partial charge on any atom is -0.493 e. The highest BCUT2D eigenvalue weighted by Gasteiger charge is 2.03. The zero-order valence-corrected chi connectivity index (χ0v) is 12.2. The smallest absolute Gasteiger partial charge is 0.119 e. The van der Waals surface area contributed by atoms with Gasteiger partial charge in [-0.3, -0.25) is 0 Å². The number of aromatic nitrogens is 2. The third-order valence-corrected chi connectivity index (χ3v) is 3.46. The molecule has 0 radical (unpaired) electrons. The van der Waals surface area contributed by atoms with E-state index in [-0.39, 0.29) is 6.04 Å². The zero-order valence-electron chi connectivity index (χ0n) is 12.2. The van der Waals surface area contributed by atoms with E-state index in [0.29, 0.717) is 6.61 Å². The molecule has 4 nitrogen and oxygen atoms in total. The van der Waals surface area contributed by atoms with Crippen molar-refractivity contribution in [3.05, 3.63) is 48.0 Å². The lowest BCUT2D eigenvalue weighted by atomic mass is 10.0. The van der Waals surface area contributed by atoms with E-state index < -0.39 is 0 Å². The average molecular weight is 273 g/mol. The molecule has 1 atom stereocenters. The number of hydrogen-bond acceptors (Lipinski definition) is 3. The molecule has 4 heteroatoms. The summed E-state index contributed by atoms with van der Waals surface area (Å²) in [6.45, 7) is 2.75. The predicted molar refractivity (Wildman–Crippen MR) is 80.8 cm³/mol. The second-order valence-corrected chi connectivity index (χ2v) is 5.07. The van der Waals surface area contributed by atoms with Crippen LogP contribution in [0, 0.1) is 0 Å². The summed E-state index contributed by atoms with van der Waals surface area (Å²) < 4.78 is 7.75. The van der Waals surface area contributed by atoms with Crippen LogP contribution in [0.5, 0.6) is 5.75 Å². The van der Waals surface area contributed by atoms with Crippen LogP contribution in [0.2, 0.25) is 0 Å². The molecule has 20 heavy (non-hydrogen) atoms. The van der Waals surface area contributed by atoms with Crippen LogP contribution in [0.3, 0.4) is 0 Å². The Labute approximate surface area is 120 Å². The van der Waals surface area contributed by atoms with Crippen molar-refractivity contribution in [3.63, 3.8) is 0 Å². The molecule has 2 aromatic rings. The highest BCUT2D eigenvalue weighted by molar-refractivity contribution is 5.27. The number of nitrogens with two attached hydrogens (primary N) is 1. The van der Waals surface area contributed by atoms with Crippen LogP contribution < -0.4 is 10.5 Å². The van der Waals surface area contributed by atoms with Crippen molar-refractivity contribution in [2.45, 2.75) is 32.2 Å². The highest BCUT2D eigenvalue weighted by Crippen LogP contribution is 2.14. The van der Waals surface area contributed by atoms with Gasteiger partial charge in [0.2, 0.25) is 0 Å². The van der Waals surface area contributed by atoms with Crippen LogP contribution in [0.4, 0.5) is 0 Å². The number of benzene rings is 1. The Kier molecular flexibility index (Phi) is 5.18. The molecule has 0 bridgehead atoms. The molecule has 0 aliphatic rings. The molecule has 0 spiro atoms. The molecule has 2 N–H and O–H groups in total. The van der Waals surface area contributed by atoms with Crippen LogP contribution in [-0.2, 0) is 19.9 Å². The number of rotatable bonds is 7. The average Bonchev–Trinajstić information content (AvgIpc) is 2.86. The molecule has 2 rings (SSSR count). The van der Waals surface area contributed by atoms with Gasteiger partial charge in [0.25, 0.3) is 0 Å². The molecule has 0 amide bonds. The predicted octanol–water partition coefficient (Wildman–Crippen LogP) is 2.32. The summed E-state index contributed by atoms with van der Waals surface area (Å²) in [5, 5.41) is 0. The van der Waals surface area contributed by atoms with E-state index in [1.54, 1.807) is 6.20 Å². The quantitative estimate of drug-likeness (QED) is 0.842. The van der Waals surface area contributed by atoms with Crippen molar-refractivity contribution in [1.29, 1.82) is 0 Å². The van der Waals surface area contributed by atoms with Crippen LogP contribution in [0.25, 0.3) is 0 Å². The Morgan fingerprint density at radius 3 is 2.65 bits per heavy atom. The fourth-order valence-electron chi connectivity index (χ4n) is 2.07. The van der Waals surface area contributed by atoms with E-state index in [1.807, 2.05) is 29.9 Å². The standard InChI is InChI=1S/C16H23N3O/c1-3-14(17)12-13-4-6-15(7-5-13)20-11-8-16-18-9-10-19(16)2/h4-7,9-10,14H,3,8,11-12,17H2,1-2H3. The lowest BCUT2D eigenvalue weighted by Crippen LogP contribution is -2.21. The summed E-state index contributed by atoms with van der Waals surface area (Å²) in [6, 6.07) is 8.44. The summed E-state index contributed by atoms with van der Waals surface area (Å²) in [6.07, 6.45) is 6.49. The minimum absolute atomic E-state index is 0.241. The normalized spacial score (nSPS) is 12.3. The van der Waals surface area contributed by atoms with Gasteiger partial charge in [-0.1, -0.05) is 19.1 Å². The molecule has 0 aliphatic heterocycles. The summed E-state index contributed by atoms with van der Waals surface area (Å²) >= 11 is 0. The summed E-state index contributed by atoms with van der Waals surface area (Å²) in [5.74, 6) is 1.93. The van der Waals surface area contributed by atoms with Gasteiger partial charge in [0, 0.05) is 31.9 Å². The van der Waals surface area contributed by atoms with Crippen LogP contribution in [0.15, 0.2) is 36.7 Å². The summed E-state index contributed by atoms with van der Waals surface area (Å²) in [7, 11) is 1.99. The molecule has 1 aromatic carbocycles. The van der Waals surface area contributed by atoms with Gasteiger partial charge < -0.3 is 15.0 Å². The number of nitrogens with zero attached hydrogens (tertiary/aromatic N) is 2. The van der Waals surface area contributed by atoms with Gasteiger partial charge >= 0.3 is 0 Å². The van der Waals surface area contributed by atoms with Crippen LogP contribution >= 0.6 is 0 Å². The minimum atomic E-state index is 0.241. The maximum Gasteiger partial charge on any atom is 0.119 e. The zero-order chi connectivity index (χ0) is 14.4.